The first-order chi connectivity index (χ1) is 20.6. The summed E-state index contributed by atoms with van der Waals surface area (Å²) in [5.74, 6) is 5.97. The molecule has 11 nitrogen and oxygen atoms in total. The highest BCUT2D eigenvalue weighted by Gasteiger charge is 2.42. The summed E-state index contributed by atoms with van der Waals surface area (Å²) in [4.78, 5) is 44.4. The van der Waals surface area contributed by atoms with Gasteiger partial charge in [-0.15, -0.1) is 0 Å². The minimum absolute atomic E-state index is 0.0835. The smallest absolute Gasteiger partial charge is 0.324 e. The SMILES string of the molecule is CC(C)[C@H](N)C(=O)OC1(C#Cc2ccc3c(c2)N(C)C(=O)C(NC(=O)c2cc(Oc4ccccc4)ccn2)CO3)COC1. The summed E-state index contributed by atoms with van der Waals surface area (Å²) in [6.07, 6.45) is 1.46. The second-order valence-corrected chi connectivity index (χ2v) is 10.6. The molecular weight excluding hydrogens is 552 g/mol. The third-order valence-corrected chi connectivity index (χ3v) is 6.99. The van der Waals surface area contributed by atoms with Crippen LogP contribution >= 0.6 is 0 Å². The Kier molecular flexibility index (Phi) is 8.61. The quantitative estimate of drug-likeness (QED) is 0.317. The zero-order valence-corrected chi connectivity index (χ0v) is 24.0. The largest absolute Gasteiger partial charge is 0.489 e. The first-order valence-corrected chi connectivity index (χ1v) is 13.8. The second kappa shape index (κ2) is 12.5. The van der Waals surface area contributed by atoms with Crippen LogP contribution in [0.25, 0.3) is 0 Å². The van der Waals surface area contributed by atoms with Gasteiger partial charge in [0, 0.05) is 24.9 Å². The van der Waals surface area contributed by atoms with E-state index in [1.807, 2.05) is 32.0 Å². The van der Waals surface area contributed by atoms with Gasteiger partial charge in [-0.25, -0.2) is 0 Å². The average Bonchev–Trinajstić information content (AvgIpc) is 3.10. The molecule has 2 aromatic carbocycles. The van der Waals surface area contributed by atoms with Crippen LogP contribution in [0.3, 0.4) is 0 Å². The van der Waals surface area contributed by atoms with Crippen molar-refractivity contribution in [1.82, 2.24) is 10.3 Å². The topological polar surface area (TPSA) is 142 Å². The Hall–Kier alpha value is -4.92. The number of amides is 2. The Labute approximate surface area is 249 Å². The molecule has 3 aromatic rings. The van der Waals surface area contributed by atoms with Gasteiger partial charge < -0.3 is 34.9 Å². The van der Waals surface area contributed by atoms with Crippen molar-refractivity contribution in [2.75, 3.05) is 31.8 Å². The maximum atomic E-state index is 13.4. The van der Waals surface area contributed by atoms with Gasteiger partial charge in [0.2, 0.25) is 5.60 Å². The van der Waals surface area contributed by atoms with E-state index in [0.717, 1.165) is 0 Å². The van der Waals surface area contributed by atoms with E-state index >= 15 is 0 Å². The fraction of sp³-hybridized carbons (Fsp3) is 0.312. The molecule has 0 aliphatic carbocycles. The lowest BCUT2D eigenvalue weighted by Gasteiger charge is -2.37. The number of esters is 1. The highest BCUT2D eigenvalue weighted by Crippen LogP contribution is 2.32. The van der Waals surface area contributed by atoms with Crippen molar-refractivity contribution in [3.8, 4) is 29.1 Å². The lowest BCUT2D eigenvalue weighted by molar-refractivity contribution is -0.194. The minimum Gasteiger partial charge on any atom is -0.489 e. The third kappa shape index (κ3) is 6.77. The normalized spacial score (nSPS) is 17.7. The minimum atomic E-state index is -1.08. The number of nitrogens with two attached hydrogens (primary N) is 1. The van der Waals surface area contributed by atoms with Gasteiger partial charge >= 0.3 is 5.97 Å². The van der Waals surface area contributed by atoms with Crippen LogP contribution in [0.1, 0.15) is 29.9 Å². The number of ether oxygens (including phenoxy) is 4. The number of nitrogens with one attached hydrogen (secondary N) is 1. The van der Waals surface area contributed by atoms with Crippen molar-refractivity contribution in [2.45, 2.75) is 31.5 Å². The van der Waals surface area contributed by atoms with Crippen LogP contribution in [0.4, 0.5) is 5.69 Å². The summed E-state index contributed by atoms with van der Waals surface area (Å²) in [6, 6.07) is 15.7. The molecule has 1 saturated heterocycles. The van der Waals surface area contributed by atoms with Gasteiger partial charge in [-0.2, -0.15) is 0 Å². The van der Waals surface area contributed by atoms with Crippen molar-refractivity contribution >= 4 is 23.5 Å². The van der Waals surface area contributed by atoms with Crippen molar-refractivity contribution in [3.63, 3.8) is 0 Å². The Balaban J connectivity index is 1.27. The van der Waals surface area contributed by atoms with E-state index in [1.54, 1.807) is 43.4 Å². The van der Waals surface area contributed by atoms with E-state index in [0.29, 0.717) is 28.5 Å². The van der Waals surface area contributed by atoms with Crippen LogP contribution in [0.2, 0.25) is 0 Å². The number of benzene rings is 2. The number of aromatic nitrogens is 1. The Morgan fingerprint density at radius 3 is 2.58 bits per heavy atom. The molecule has 43 heavy (non-hydrogen) atoms. The van der Waals surface area contributed by atoms with Crippen molar-refractivity contribution in [3.05, 3.63) is 78.1 Å². The number of hydrogen-bond acceptors (Lipinski definition) is 9. The Bertz CT molecular complexity index is 1580. The van der Waals surface area contributed by atoms with E-state index in [2.05, 4.69) is 22.1 Å². The van der Waals surface area contributed by atoms with Crippen LogP contribution in [-0.4, -0.2) is 67.3 Å². The molecule has 11 heteroatoms. The van der Waals surface area contributed by atoms with E-state index in [1.165, 1.54) is 17.2 Å². The fourth-order valence-corrected chi connectivity index (χ4v) is 4.30. The van der Waals surface area contributed by atoms with Crippen LogP contribution in [0.15, 0.2) is 66.9 Å². The molecule has 0 radical (unpaired) electrons. The summed E-state index contributed by atoms with van der Waals surface area (Å²) in [5, 5.41) is 2.72. The van der Waals surface area contributed by atoms with Crippen molar-refractivity contribution in [2.24, 2.45) is 11.7 Å². The van der Waals surface area contributed by atoms with E-state index < -0.39 is 29.6 Å². The molecule has 0 spiro atoms. The number of pyridine rings is 1. The number of nitrogens with zero attached hydrogens (tertiary/aromatic N) is 2. The Morgan fingerprint density at radius 2 is 1.88 bits per heavy atom. The third-order valence-electron chi connectivity index (χ3n) is 6.99. The summed E-state index contributed by atoms with van der Waals surface area (Å²) in [6.45, 7) is 3.87. The molecule has 222 valence electrons. The monoisotopic (exact) mass is 584 g/mol. The van der Waals surface area contributed by atoms with Gasteiger partial charge in [0.15, 0.2) is 0 Å². The highest BCUT2D eigenvalue weighted by molar-refractivity contribution is 6.03. The molecular formula is C32H32N4O7. The number of para-hydroxylation sites is 1. The highest BCUT2D eigenvalue weighted by atomic mass is 16.6. The lowest BCUT2D eigenvalue weighted by atomic mass is 10.0. The van der Waals surface area contributed by atoms with Crippen molar-refractivity contribution in [1.29, 1.82) is 0 Å². The lowest BCUT2D eigenvalue weighted by Crippen LogP contribution is -2.54. The number of rotatable bonds is 7. The summed E-state index contributed by atoms with van der Waals surface area (Å²) in [5.41, 5.74) is 5.98. The number of fused-ring (bicyclic) bond motifs is 1. The summed E-state index contributed by atoms with van der Waals surface area (Å²) >= 11 is 0. The maximum Gasteiger partial charge on any atom is 0.324 e. The molecule has 1 fully saturated rings. The second-order valence-electron chi connectivity index (χ2n) is 10.6. The summed E-state index contributed by atoms with van der Waals surface area (Å²) < 4.78 is 22.6. The number of likely N-dealkylation sites (N-methyl/N-ethyl adjacent to an activating group) is 1. The first-order valence-electron chi connectivity index (χ1n) is 13.8. The predicted octanol–water partition coefficient (Wildman–Crippen LogP) is 2.67. The molecule has 2 amide bonds. The zero-order valence-electron chi connectivity index (χ0n) is 24.0. The van der Waals surface area contributed by atoms with Crippen molar-refractivity contribution < 1.29 is 33.3 Å². The molecule has 1 unspecified atom stereocenters. The van der Waals surface area contributed by atoms with Crippen LogP contribution in [0.5, 0.6) is 17.2 Å². The molecule has 5 rings (SSSR count). The van der Waals surface area contributed by atoms with E-state index in [9.17, 15) is 14.4 Å². The molecule has 3 heterocycles. The number of carbonyl (C=O) groups excluding carboxylic acids is 3. The molecule has 2 aliphatic heterocycles. The van der Waals surface area contributed by atoms with Gasteiger partial charge in [0.25, 0.3) is 11.8 Å². The molecule has 0 bridgehead atoms. The van der Waals surface area contributed by atoms with Crippen LogP contribution in [-0.2, 0) is 19.1 Å². The van der Waals surface area contributed by atoms with Gasteiger partial charge in [0.05, 0.1) is 5.69 Å². The fourth-order valence-electron chi connectivity index (χ4n) is 4.30. The maximum absolute atomic E-state index is 13.4. The van der Waals surface area contributed by atoms with Gasteiger partial charge in [0.1, 0.15) is 54.8 Å². The van der Waals surface area contributed by atoms with Gasteiger partial charge in [-0.3, -0.25) is 19.4 Å². The summed E-state index contributed by atoms with van der Waals surface area (Å²) in [7, 11) is 1.59. The first kappa shape index (κ1) is 29.6. The predicted molar refractivity (Wildman–Crippen MR) is 157 cm³/mol. The van der Waals surface area contributed by atoms with Crippen LogP contribution in [0, 0.1) is 17.8 Å². The zero-order chi connectivity index (χ0) is 30.6. The van der Waals surface area contributed by atoms with Gasteiger partial charge in [-0.05, 0) is 48.2 Å². The standard InChI is InChI=1S/C32H32N4O7/c1-20(2)28(33)31(39)43-32(18-40-19-32)13-11-21-9-10-27-26(15-21)36(3)30(38)25(17-41-27)35-29(37)24-16-23(12-14-34-24)42-22-7-5-4-6-8-22/h4-10,12,14-16,20,25,28H,17-19,33H2,1-3H3,(H,35,37)/t25?,28-/m0/s1. The number of anilines is 1. The molecule has 3 N–H and O–H groups in total. The molecule has 0 saturated carbocycles. The van der Waals surface area contributed by atoms with Crippen LogP contribution < -0.4 is 25.4 Å². The number of hydrogen-bond donors (Lipinski definition) is 2. The molecule has 1 aromatic heterocycles. The Morgan fingerprint density at radius 1 is 1.12 bits per heavy atom. The van der Waals surface area contributed by atoms with E-state index in [4.69, 9.17) is 24.7 Å². The number of carbonyl (C=O) groups is 3. The van der Waals surface area contributed by atoms with E-state index in [-0.39, 0.29) is 37.3 Å². The molecule has 2 aliphatic rings. The van der Waals surface area contributed by atoms with Gasteiger partial charge in [-0.1, -0.05) is 38.0 Å². The molecule has 2 atom stereocenters. The average molecular weight is 585 g/mol.